The summed E-state index contributed by atoms with van der Waals surface area (Å²) in [6, 6.07) is 6.05. The maximum atomic E-state index is 12.2. The predicted octanol–water partition coefficient (Wildman–Crippen LogP) is 3.01. The summed E-state index contributed by atoms with van der Waals surface area (Å²) in [7, 11) is 0. The molecule has 1 aromatic carbocycles. The Hall–Kier alpha value is -1.69. The average Bonchev–Trinajstić information content (AvgIpc) is 2.83. The van der Waals surface area contributed by atoms with Crippen LogP contribution in [-0.2, 0) is 22.5 Å². The van der Waals surface area contributed by atoms with Crippen LogP contribution in [0.1, 0.15) is 38.3 Å². The Kier molecular flexibility index (Phi) is 4.51. The molecule has 0 spiro atoms. The standard InChI is InChI=1S/C18H24N2O3S/c1-18(2,3)23-17(22)19-7-6-12-8-14(5-4-13(12)10-19)20-11-15(24)9-16(20)21/h4-5,8,15,24H,6-7,9-11H2,1-3H3. The van der Waals surface area contributed by atoms with Gasteiger partial charge < -0.3 is 14.5 Å². The lowest BCUT2D eigenvalue weighted by Gasteiger charge is -2.31. The van der Waals surface area contributed by atoms with E-state index in [0.29, 0.717) is 26.1 Å². The predicted molar refractivity (Wildman–Crippen MR) is 96.5 cm³/mol. The van der Waals surface area contributed by atoms with Crippen LogP contribution in [0.2, 0.25) is 0 Å². The minimum Gasteiger partial charge on any atom is -0.444 e. The second kappa shape index (κ2) is 6.31. The zero-order valence-electron chi connectivity index (χ0n) is 14.4. The zero-order chi connectivity index (χ0) is 17.5. The van der Waals surface area contributed by atoms with Gasteiger partial charge in [0.1, 0.15) is 5.60 Å². The van der Waals surface area contributed by atoms with Crippen LogP contribution in [0.25, 0.3) is 0 Å². The lowest BCUT2D eigenvalue weighted by molar-refractivity contribution is -0.117. The van der Waals surface area contributed by atoms with Crippen LogP contribution in [-0.4, -0.2) is 40.8 Å². The summed E-state index contributed by atoms with van der Waals surface area (Å²) < 4.78 is 5.45. The molecular weight excluding hydrogens is 324 g/mol. The van der Waals surface area contributed by atoms with Crippen LogP contribution >= 0.6 is 12.6 Å². The summed E-state index contributed by atoms with van der Waals surface area (Å²) in [6.07, 6.45) is 0.992. The monoisotopic (exact) mass is 348 g/mol. The SMILES string of the molecule is CC(C)(C)OC(=O)N1CCc2cc(N3CC(S)CC3=O)ccc2C1. The van der Waals surface area contributed by atoms with Gasteiger partial charge in [0.15, 0.2) is 0 Å². The first-order valence-electron chi connectivity index (χ1n) is 8.31. The van der Waals surface area contributed by atoms with Crippen molar-refractivity contribution in [2.45, 2.75) is 51.0 Å². The van der Waals surface area contributed by atoms with Crippen molar-refractivity contribution in [3.05, 3.63) is 29.3 Å². The van der Waals surface area contributed by atoms with E-state index in [1.807, 2.05) is 32.9 Å². The lowest BCUT2D eigenvalue weighted by Crippen LogP contribution is -2.40. The van der Waals surface area contributed by atoms with Crippen LogP contribution in [0.5, 0.6) is 0 Å². The number of hydrogen-bond donors (Lipinski definition) is 1. The number of rotatable bonds is 1. The van der Waals surface area contributed by atoms with E-state index in [4.69, 9.17) is 4.74 Å². The van der Waals surface area contributed by atoms with Crippen molar-refractivity contribution in [1.29, 1.82) is 0 Å². The molecule has 2 heterocycles. The molecule has 1 saturated heterocycles. The topological polar surface area (TPSA) is 49.9 Å². The van der Waals surface area contributed by atoms with Gasteiger partial charge in [-0.1, -0.05) is 6.07 Å². The normalized spacial score (nSPS) is 21.0. The van der Waals surface area contributed by atoms with E-state index in [1.54, 1.807) is 9.80 Å². The number of nitrogens with zero attached hydrogens (tertiary/aromatic N) is 2. The Labute approximate surface area is 148 Å². The van der Waals surface area contributed by atoms with E-state index in [9.17, 15) is 9.59 Å². The smallest absolute Gasteiger partial charge is 0.410 e. The van der Waals surface area contributed by atoms with Gasteiger partial charge in [0.2, 0.25) is 5.91 Å². The molecular formula is C18H24N2O3S. The van der Waals surface area contributed by atoms with Crippen LogP contribution in [0, 0.1) is 0 Å². The number of ether oxygens (including phenoxy) is 1. The fraction of sp³-hybridized carbons (Fsp3) is 0.556. The highest BCUT2D eigenvalue weighted by molar-refractivity contribution is 7.81. The van der Waals surface area contributed by atoms with Gasteiger partial charge in [0.05, 0.1) is 0 Å². The van der Waals surface area contributed by atoms with Gasteiger partial charge in [-0.05, 0) is 50.5 Å². The highest BCUT2D eigenvalue weighted by Crippen LogP contribution is 2.29. The van der Waals surface area contributed by atoms with Crippen molar-refractivity contribution in [3.63, 3.8) is 0 Å². The Morgan fingerprint density at radius 2 is 2.04 bits per heavy atom. The second-order valence-corrected chi connectivity index (χ2v) is 8.20. The molecule has 1 aromatic rings. The molecule has 3 rings (SSSR count). The number of hydrogen-bond acceptors (Lipinski definition) is 4. The molecule has 0 N–H and O–H groups in total. The van der Waals surface area contributed by atoms with Crippen LogP contribution < -0.4 is 4.90 Å². The van der Waals surface area contributed by atoms with Crippen molar-refractivity contribution >= 4 is 30.3 Å². The van der Waals surface area contributed by atoms with E-state index >= 15 is 0 Å². The quantitative estimate of drug-likeness (QED) is 0.794. The summed E-state index contributed by atoms with van der Waals surface area (Å²) >= 11 is 4.41. The highest BCUT2D eigenvalue weighted by Gasteiger charge is 2.30. The van der Waals surface area contributed by atoms with Crippen LogP contribution in [0.3, 0.4) is 0 Å². The van der Waals surface area contributed by atoms with E-state index in [2.05, 4.69) is 18.7 Å². The van der Waals surface area contributed by atoms with E-state index in [0.717, 1.165) is 17.7 Å². The van der Waals surface area contributed by atoms with Crippen LogP contribution in [0.4, 0.5) is 10.5 Å². The summed E-state index contributed by atoms with van der Waals surface area (Å²) in [5, 5.41) is 0.108. The maximum Gasteiger partial charge on any atom is 0.410 e. The summed E-state index contributed by atoms with van der Waals surface area (Å²) in [6.45, 7) is 7.46. The number of carbonyl (C=O) groups excluding carboxylic acids is 2. The maximum absolute atomic E-state index is 12.2. The van der Waals surface area contributed by atoms with Gasteiger partial charge in [-0.3, -0.25) is 4.79 Å². The third-order valence-corrected chi connectivity index (χ3v) is 4.62. The van der Waals surface area contributed by atoms with Crippen molar-refractivity contribution in [2.24, 2.45) is 0 Å². The first-order chi connectivity index (χ1) is 11.2. The Balaban J connectivity index is 1.73. The molecule has 2 amide bonds. The summed E-state index contributed by atoms with van der Waals surface area (Å²) in [5.41, 5.74) is 2.76. The molecule has 0 radical (unpaired) electrons. The van der Waals surface area contributed by atoms with Crippen molar-refractivity contribution < 1.29 is 14.3 Å². The number of fused-ring (bicyclic) bond motifs is 1. The molecule has 6 heteroatoms. The molecule has 2 aliphatic heterocycles. The van der Waals surface area contributed by atoms with Crippen molar-refractivity contribution in [3.8, 4) is 0 Å². The highest BCUT2D eigenvalue weighted by atomic mass is 32.1. The minimum atomic E-state index is -0.485. The first-order valence-corrected chi connectivity index (χ1v) is 8.83. The largest absolute Gasteiger partial charge is 0.444 e. The molecule has 1 unspecified atom stereocenters. The number of thiol groups is 1. The van der Waals surface area contributed by atoms with E-state index in [1.165, 1.54) is 5.56 Å². The Morgan fingerprint density at radius 1 is 1.29 bits per heavy atom. The summed E-state index contributed by atoms with van der Waals surface area (Å²) in [4.78, 5) is 27.8. The van der Waals surface area contributed by atoms with E-state index in [-0.39, 0.29) is 17.3 Å². The first kappa shape index (κ1) is 17.1. The van der Waals surface area contributed by atoms with Gasteiger partial charge in [0.25, 0.3) is 0 Å². The van der Waals surface area contributed by atoms with E-state index < -0.39 is 5.60 Å². The molecule has 24 heavy (non-hydrogen) atoms. The van der Waals surface area contributed by atoms with Gasteiger partial charge in [-0.15, -0.1) is 0 Å². The molecule has 5 nitrogen and oxygen atoms in total. The third kappa shape index (κ3) is 3.69. The number of benzene rings is 1. The van der Waals surface area contributed by atoms with Crippen molar-refractivity contribution in [1.82, 2.24) is 4.90 Å². The molecule has 2 aliphatic rings. The molecule has 1 atom stereocenters. The van der Waals surface area contributed by atoms with Crippen molar-refractivity contribution in [2.75, 3.05) is 18.0 Å². The molecule has 0 aliphatic carbocycles. The minimum absolute atomic E-state index is 0.108. The van der Waals surface area contributed by atoms with Gasteiger partial charge >= 0.3 is 6.09 Å². The van der Waals surface area contributed by atoms with Gasteiger partial charge in [-0.2, -0.15) is 12.6 Å². The molecule has 130 valence electrons. The average molecular weight is 348 g/mol. The Morgan fingerprint density at radius 3 is 2.67 bits per heavy atom. The fourth-order valence-electron chi connectivity index (χ4n) is 3.13. The zero-order valence-corrected chi connectivity index (χ0v) is 15.3. The summed E-state index contributed by atoms with van der Waals surface area (Å²) in [5.74, 6) is 0.126. The lowest BCUT2D eigenvalue weighted by atomic mass is 9.99. The Bertz CT molecular complexity index is 669. The number of amides is 2. The molecule has 0 saturated carbocycles. The van der Waals surface area contributed by atoms with Gasteiger partial charge in [0, 0.05) is 37.0 Å². The number of carbonyl (C=O) groups is 2. The molecule has 1 fully saturated rings. The fourth-order valence-corrected chi connectivity index (χ4v) is 3.45. The van der Waals surface area contributed by atoms with Crippen LogP contribution in [0.15, 0.2) is 18.2 Å². The molecule has 0 aromatic heterocycles. The second-order valence-electron chi connectivity index (χ2n) is 7.47. The van der Waals surface area contributed by atoms with Gasteiger partial charge in [-0.25, -0.2) is 4.79 Å². The number of anilines is 1. The molecule has 0 bridgehead atoms. The third-order valence-electron chi connectivity index (χ3n) is 4.27.